The van der Waals surface area contributed by atoms with Gasteiger partial charge in [0, 0.05) is 53.0 Å². The van der Waals surface area contributed by atoms with E-state index >= 15 is 0 Å². The van der Waals surface area contributed by atoms with E-state index in [0.717, 1.165) is 60.4 Å². The van der Waals surface area contributed by atoms with Gasteiger partial charge in [-0.15, -0.1) is 11.3 Å². The highest BCUT2D eigenvalue weighted by Crippen LogP contribution is 2.43. The van der Waals surface area contributed by atoms with Crippen LogP contribution in [0, 0.1) is 0 Å². The summed E-state index contributed by atoms with van der Waals surface area (Å²) >= 11 is 1.80. The molecule has 0 aliphatic heterocycles. The van der Waals surface area contributed by atoms with E-state index in [9.17, 15) is 0 Å². The third kappa shape index (κ3) is 6.01. The van der Waals surface area contributed by atoms with Gasteiger partial charge in [0.15, 0.2) is 17.5 Å². The molecule has 0 radical (unpaired) electrons. The quantitative estimate of drug-likeness (QED) is 0.167. The van der Waals surface area contributed by atoms with Crippen LogP contribution >= 0.6 is 11.3 Å². The predicted octanol–water partition coefficient (Wildman–Crippen LogP) is 16.4. The van der Waals surface area contributed by atoms with E-state index in [2.05, 4.69) is 212 Å². The van der Waals surface area contributed by atoms with Gasteiger partial charge in [-0.05, 0) is 85.9 Å². The van der Waals surface area contributed by atoms with Crippen molar-refractivity contribution in [2.24, 2.45) is 0 Å². The Kier molecular flexibility index (Phi) is 8.36. The summed E-state index contributed by atoms with van der Waals surface area (Å²) < 4.78 is 9.06. The summed E-state index contributed by atoms with van der Waals surface area (Å²) in [5.74, 6) is 1.81. The van der Waals surface area contributed by atoms with Gasteiger partial charge in [0.1, 0.15) is 11.2 Å². The van der Waals surface area contributed by atoms with Gasteiger partial charge in [0.2, 0.25) is 0 Å². The Balaban J connectivity index is 0.979. The highest BCUT2D eigenvalue weighted by molar-refractivity contribution is 7.26. The Bertz CT molecular complexity index is 3950. The van der Waals surface area contributed by atoms with Crippen LogP contribution in [0.1, 0.15) is 0 Å². The van der Waals surface area contributed by atoms with Crippen molar-refractivity contribution in [2.75, 3.05) is 0 Å². The summed E-state index contributed by atoms with van der Waals surface area (Å²) in [6.45, 7) is 0. The first-order chi connectivity index (χ1) is 31.7. The standard InChI is InChI=1S/C59H35N3OS/c1-3-12-36(13-4-1)41-28-33-53-51(34-41)55-50(20-11-21-54(55)64-53)59-61-57(60-58(62-59)42-27-29-48-49-30-26-38-16-7-8-17-45(38)56(49)63-52(48)35-42)40-24-22-39(23-25-40)44-32-31-43(37-14-5-2-6-15-37)46-18-9-10-19-47(44)46/h1-35H. The number of aromatic nitrogens is 3. The summed E-state index contributed by atoms with van der Waals surface area (Å²) in [4.78, 5) is 15.8. The molecule has 0 bridgehead atoms. The Labute approximate surface area is 372 Å². The van der Waals surface area contributed by atoms with Crippen LogP contribution in [-0.4, -0.2) is 15.0 Å². The molecular formula is C59H35N3OS. The lowest BCUT2D eigenvalue weighted by Crippen LogP contribution is -2.00. The summed E-state index contributed by atoms with van der Waals surface area (Å²) in [5, 5.41) is 9.15. The number of nitrogens with zero attached hydrogens (tertiary/aromatic N) is 3. The number of thiophene rings is 1. The monoisotopic (exact) mass is 833 g/mol. The minimum absolute atomic E-state index is 0.584. The van der Waals surface area contributed by atoms with Crippen LogP contribution in [0.4, 0.5) is 0 Å². The van der Waals surface area contributed by atoms with E-state index in [1.807, 2.05) is 0 Å². The summed E-state index contributed by atoms with van der Waals surface area (Å²) in [7, 11) is 0. The number of hydrogen-bond acceptors (Lipinski definition) is 5. The van der Waals surface area contributed by atoms with Crippen LogP contribution in [0.25, 0.3) is 131 Å². The van der Waals surface area contributed by atoms with E-state index < -0.39 is 0 Å². The number of furan rings is 1. The molecule has 13 rings (SSSR count). The van der Waals surface area contributed by atoms with Gasteiger partial charge in [0.05, 0.1) is 0 Å². The fourth-order valence-corrected chi connectivity index (χ4v) is 10.6. The normalized spacial score (nSPS) is 11.8. The van der Waals surface area contributed by atoms with Crippen molar-refractivity contribution >= 4 is 75.0 Å². The smallest absolute Gasteiger partial charge is 0.164 e. The van der Waals surface area contributed by atoms with E-state index in [1.165, 1.54) is 53.4 Å². The minimum atomic E-state index is 0.584. The molecule has 0 aliphatic rings. The molecule has 4 nitrogen and oxygen atoms in total. The van der Waals surface area contributed by atoms with Crippen molar-refractivity contribution in [3.8, 4) is 67.5 Å². The number of hydrogen-bond donors (Lipinski definition) is 0. The van der Waals surface area contributed by atoms with Gasteiger partial charge in [0.25, 0.3) is 0 Å². The third-order valence-corrected chi connectivity index (χ3v) is 13.7. The summed E-state index contributed by atoms with van der Waals surface area (Å²) in [6.07, 6.45) is 0. The van der Waals surface area contributed by atoms with Crippen LogP contribution in [0.3, 0.4) is 0 Å². The molecular weight excluding hydrogens is 799 g/mol. The fourth-order valence-electron chi connectivity index (χ4n) is 9.44. The lowest BCUT2D eigenvalue weighted by molar-refractivity contribution is 0.673. The van der Waals surface area contributed by atoms with Gasteiger partial charge in [-0.25, -0.2) is 15.0 Å². The van der Waals surface area contributed by atoms with Crippen molar-refractivity contribution < 1.29 is 4.42 Å². The van der Waals surface area contributed by atoms with Crippen LogP contribution in [0.15, 0.2) is 217 Å². The second-order valence-electron chi connectivity index (χ2n) is 16.3. The first-order valence-electron chi connectivity index (χ1n) is 21.5. The fraction of sp³-hybridized carbons (Fsp3) is 0. The lowest BCUT2D eigenvalue weighted by Gasteiger charge is -2.13. The topological polar surface area (TPSA) is 51.8 Å². The second kappa shape index (κ2) is 14.7. The Morgan fingerprint density at radius 2 is 0.906 bits per heavy atom. The zero-order valence-corrected chi connectivity index (χ0v) is 35.2. The van der Waals surface area contributed by atoms with Crippen LogP contribution in [0.2, 0.25) is 0 Å². The number of rotatable bonds is 6. The molecule has 0 aliphatic carbocycles. The molecule has 0 saturated carbocycles. The molecule has 298 valence electrons. The van der Waals surface area contributed by atoms with Gasteiger partial charge in [-0.2, -0.15) is 0 Å². The van der Waals surface area contributed by atoms with E-state index in [0.29, 0.717) is 17.5 Å². The molecule has 0 amide bonds. The molecule has 3 aromatic heterocycles. The van der Waals surface area contributed by atoms with Crippen molar-refractivity contribution in [3.63, 3.8) is 0 Å². The molecule has 64 heavy (non-hydrogen) atoms. The third-order valence-electron chi connectivity index (χ3n) is 12.6. The van der Waals surface area contributed by atoms with Crippen molar-refractivity contribution in [3.05, 3.63) is 212 Å². The van der Waals surface area contributed by atoms with E-state index in [4.69, 9.17) is 19.4 Å². The van der Waals surface area contributed by atoms with Gasteiger partial charge in [-0.1, -0.05) is 176 Å². The van der Waals surface area contributed by atoms with Gasteiger partial charge < -0.3 is 4.42 Å². The average molecular weight is 834 g/mol. The van der Waals surface area contributed by atoms with E-state index in [1.54, 1.807) is 11.3 Å². The molecule has 10 aromatic carbocycles. The highest BCUT2D eigenvalue weighted by Gasteiger charge is 2.20. The Morgan fingerprint density at radius 3 is 1.67 bits per heavy atom. The molecule has 0 fully saturated rings. The van der Waals surface area contributed by atoms with E-state index in [-0.39, 0.29) is 0 Å². The minimum Gasteiger partial charge on any atom is -0.455 e. The molecule has 5 heteroatoms. The number of benzene rings is 10. The Morgan fingerprint density at radius 1 is 0.312 bits per heavy atom. The molecule has 3 heterocycles. The Hall–Kier alpha value is -8.25. The maximum Gasteiger partial charge on any atom is 0.164 e. The summed E-state index contributed by atoms with van der Waals surface area (Å²) in [6, 6.07) is 75.2. The molecule has 0 atom stereocenters. The zero-order chi connectivity index (χ0) is 42.1. The lowest BCUT2D eigenvalue weighted by atomic mass is 9.92. The second-order valence-corrected chi connectivity index (χ2v) is 17.4. The summed E-state index contributed by atoms with van der Waals surface area (Å²) in [5.41, 5.74) is 11.5. The van der Waals surface area contributed by atoms with Crippen LogP contribution in [-0.2, 0) is 0 Å². The number of fused-ring (bicyclic) bond motifs is 9. The highest BCUT2D eigenvalue weighted by atomic mass is 32.1. The SMILES string of the molecule is c1ccc(-c2ccc3sc4cccc(-c5nc(-c6ccc(-c7ccc(-c8ccccc8)c8ccccc78)cc6)nc(-c6ccc7c(c6)oc6c8ccccc8ccc76)n5)c4c3c2)cc1. The average Bonchev–Trinajstić information content (AvgIpc) is 3.95. The van der Waals surface area contributed by atoms with Crippen molar-refractivity contribution in [2.45, 2.75) is 0 Å². The zero-order valence-electron chi connectivity index (χ0n) is 34.4. The molecule has 0 N–H and O–H groups in total. The first kappa shape index (κ1) is 36.4. The van der Waals surface area contributed by atoms with Gasteiger partial charge in [-0.3, -0.25) is 0 Å². The first-order valence-corrected chi connectivity index (χ1v) is 22.3. The maximum absolute atomic E-state index is 6.65. The van der Waals surface area contributed by atoms with Crippen molar-refractivity contribution in [1.82, 2.24) is 15.0 Å². The predicted molar refractivity (Wildman–Crippen MR) is 268 cm³/mol. The molecule has 0 saturated heterocycles. The van der Waals surface area contributed by atoms with Crippen molar-refractivity contribution in [1.29, 1.82) is 0 Å². The largest absolute Gasteiger partial charge is 0.455 e. The van der Waals surface area contributed by atoms with Crippen LogP contribution < -0.4 is 0 Å². The van der Waals surface area contributed by atoms with Gasteiger partial charge >= 0.3 is 0 Å². The van der Waals surface area contributed by atoms with Crippen LogP contribution in [0.5, 0.6) is 0 Å². The maximum atomic E-state index is 6.65. The molecule has 0 spiro atoms. The molecule has 13 aromatic rings. The molecule has 0 unspecified atom stereocenters.